The number of methoxy groups -OCH3 is 1. The lowest BCUT2D eigenvalue weighted by molar-refractivity contribution is -0.136. The van der Waals surface area contributed by atoms with Gasteiger partial charge in [0.2, 0.25) is 11.8 Å². The highest BCUT2D eigenvalue weighted by molar-refractivity contribution is 5.97. The molecule has 0 radical (unpaired) electrons. The average molecular weight is 382 g/mol. The van der Waals surface area contributed by atoms with E-state index in [1.165, 1.54) is 0 Å². The Morgan fingerprint density at radius 2 is 1.82 bits per heavy atom. The molecule has 1 aliphatic rings. The summed E-state index contributed by atoms with van der Waals surface area (Å²) >= 11 is 0. The molecular formula is C22H26N2O4. The first kappa shape index (κ1) is 19.7. The summed E-state index contributed by atoms with van der Waals surface area (Å²) in [5.74, 6) is 1.39. The number of ether oxygens (including phenoxy) is 2. The predicted octanol–water partition coefficient (Wildman–Crippen LogP) is 3.48. The molecule has 0 aromatic heterocycles. The van der Waals surface area contributed by atoms with Crippen LogP contribution in [-0.2, 0) is 9.59 Å². The Balaban J connectivity index is 1.47. The van der Waals surface area contributed by atoms with Crippen LogP contribution >= 0.6 is 0 Å². The largest absolute Gasteiger partial charge is 0.497 e. The molecule has 1 unspecified atom stereocenters. The fraction of sp³-hybridized carbons (Fsp3) is 0.364. The van der Waals surface area contributed by atoms with Gasteiger partial charge in [0.15, 0.2) is 0 Å². The summed E-state index contributed by atoms with van der Waals surface area (Å²) in [5.41, 5.74) is 0.696. The molecule has 28 heavy (non-hydrogen) atoms. The van der Waals surface area contributed by atoms with Crippen molar-refractivity contribution in [3.05, 3.63) is 54.6 Å². The smallest absolute Gasteiger partial charge is 0.247 e. The van der Waals surface area contributed by atoms with E-state index in [9.17, 15) is 9.59 Å². The van der Waals surface area contributed by atoms with Crippen LogP contribution in [0.15, 0.2) is 54.6 Å². The molecule has 2 amide bonds. The number of anilines is 1. The van der Waals surface area contributed by atoms with Crippen molar-refractivity contribution in [3.63, 3.8) is 0 Å². The minimum absolute atomic E-state index is 0.00374. The Bertz CT molecular complexity index is 777. The minimum Gasteiger partial charge on any atom is -0.497 e. The van der Waals surface area contributed by atoms with Crippen molar-refractivity contribution < 1.29 is 19.1 Å². The first-order valence-electron chi connectivity index (χ1n) is 9.59. The molecule has 2 aromatic carbocycles. The van der Waals surface area contributed by atoms with E-state index in [-0.39, 0.29) is 11.8 Å². The number of rotatable bonds is 8. The summed E-state index contributed by atoms with van der Waals surface area (Å²) in [6.45, 7) is 1.10. The molecule has 0 spiro atoms. The van der Waals surface area contributed by atoms with E-state index in [0.717, 1.165) is 17.9 Å². The Morgan fingerprint density at radius 1 is 1.07 bits per heavy atom. The van der Waals surface area contributed by atoms with Gasteiger partial charge in [-0.3, -0.25) is 9.59 Å². The zero-order chi connectivity index (χ0) is 19.8. The van der Waals surface area contributed by atoms with Crippen LogP contribution in [0.1, 0.15) is 25.7 Å². The number of para-hydroxylation sites is 1. The van der Waals surface area contributed by atoms with Crippen molar-refractivity contribution in [2.45, 2.75) is 31.7 Å². The summed E-state index contributed by atoms with van der Waals surface area (Å²) in [6.07, 6.45) is 2.53. The van der Waals surface area contributed by atoms with Gasteiger partial charge >= 0.3 is 0 Å². The highest BCUT2D eigenvalue weighted by atomic mass is 16.5. The Hall–Kier alpha value is -3.02. The molecule has 2 aromatic rings. The quantitative estimate of drug-likeness (QED) is 0.710. The molecule has 1 N–H and O–H groups in total. The predicted molar refractivity (Wildman–Crippen MR) is 108 cm³/mol. The van der Waals surface area contributed by atoms with Gasteiger partial charge in [0, 0.05) is 18.7 Å². The third-order valence-corrected chi connectivity index (χ3v) is 4.78. The lowest BCUT2D eigenvalue weighted by atomic mass is 10.2. The normalized spacial score (nSPS) is 15.9. The van der Waals surface area contributed by atoms with Crippen LogP contribution in [0.2, 0.25) is 0 Å². The zero-order valence-corrected chi connectivity index (χ0v) is 16.1. The van der Waals surface area contributed by atoms with Gasteiger partial charge in [-0.2, -0.15) is 0 Å². The first-order chi connectivity index (χ1) is 13.7. The molecule has 0 bridgehead atoms. The van der Waals surface area contributed by atoms with Crippen molar-refractivity contribution in [2.24, 2.45) is 0 Å². The molecule has 6 heteroatoms. The van der Waals surface area contributed by atoms with Crippen molar-refractivity contribution in [1.82, 2.24) is 4.90 Å². The molecule has 148 valence electrons. The second-order valence-corrected chi connectivity index (χ2v) is 6.73. The molecule has 3 rings (SSSR count). The Labute approximate surface area is 165 Å². The van der Waals surface area contributed by atoms with Crippen LogP contribution in [0.3, 0.4) is 0 Å². The van der Waals surface area contributed by atoms with Gasteiger partial charge in [-0.15, -0.1) is 0 Å². The standard InChI is InChI=1S/C22H26N2O4/c1-27-18-13-11-17(12-14-18)23-22(26)20-9-5-15-24(20)21(25)10-6-16-28-19-7-3-2-4-8-19/h2-4,7-8,11-14,20H,5-6,9-10,15-16H2,1H3,(H,23,26). The number of amides is 2. The van der Waals surface area contributed by atoms with Crippen molar-refractivity contribution >= 4 is 17.5 Å². The van der Waals surface area contributed by atoms with Crippen LogP contribution < -0.4 is 14.8 Å². The summed E-state index contributed by atoms with van der Waals surface area (Å²) in [7, 11) is 1.60. The van der Waals surface area contributed by atoms with Crippen molar-refractivity contribution in [3.8, 4) is 11.5 Å². The number of hydrogen-bond acceptors (Lipinski definition) is 4. The third-order valence-electron chi connectivity index (χ3n) is 4.78. The SMILES string of the molecule is COc1ccc(NC(=O)C2CCCN2C(=O)CCCOc2ccccc2)cc1. The maximum atomic E-state index is 12.6. The number of carbonyl (C=O) groups is 2. The lowest BCUT2D eigenvalue weighted by Crippen LogP contribution is -2.43. The highest BCUT2D eigenvalue weighted by Crippen LogP contribution is 2.22. The van der Waals surface area contributed by atoms with Crippen LogP contribution in [0.5, 0.6) is 11.5 Å². The van der Waals surface area contributed by atoms with Crippen molar-refractivity contribution in [1.29, 1.82) is 0 Å². The van der Waals surface area contributed by atoms with Gasteiger partial charge in [-0.05, 0) is 55.7 Å². The van der Waals surface area contributed by atoms with E-state index in [2.05, 4.69) is 5.32 Å². The van der Waals surface area contributed by atoms with Crippen LogP contribution in [0, 0.1) is 0 Å². The van der Waals surface area contributed by atoms with Crippen LogP contribution in [-0.4, -0.2) is 43.0 Å². The molecule has 1 fully saturated rings. The summed E-state index contributed by atoms with van der Waals surface area (Å²) in [5, 5.41) is 2.90. The van der Waals surface area contributed by atoms with Gasteiger partial charge in [0.1, 0.15) is 17.5 Å². The second-order valence-electron chi connectivity index (χ2n) is 6.73. The monoisotopic (exact) mass is 382 g/mol. The minimum atomic E-state index is -0.412. The fourth-order valence-corrected chi connectivity index (χ4v) is 3.31. The van der Waals surface area contributed by atoms with E-state index in [1.54, 1.807) is 36.3 Å². The van der Waals surface area contributed by atoms with Gasteiger partial charge in [-0.1, -0.05) is 18.2 Å². The molecule has 1 atom stereocenters. The third kappa shape index (κ3) is 5.25. The van der Waals surface area contributed by atoms with E-state index in [0.29, 0.717) is 38.1 Å². The Morgan fingerprint density at radius 3 is 2.54 bits per heavy atom. The summed E-state index contributed by atoms with van der Waals surface area (Å²) < 4.78 is 10.8. The molecule has 1 saturated heterocycles. The maximum absolute atomic E-state index is 12.6. The van der Waals surface area contributed by atoms with Gasteiger partial charge in [0.25, 0.3) is 0 Å². The molecule has 0 aliphatic carbocycles. The number of hydrogen-bond donors (Lipinski definition) is 1. The van der Waals surface area contributed by atoms with Gasteiger partial charge < -0.3 is 19.7 Å². The van der Waals surface area contributed by atoms with E-state index < -0.39 is 6.04 Å². The first-order valence-corrected chi connectivity index (χ1v) is 9.59. The second kappa shape index (κ2) is 9.78. The number of nitrogens with one attached hydrogen (secondary N) is 1. The molecule has 6 nitrogen and oxygen atoms in total. The number of benzene rings is 2. The molecule has 1 heterocycles. The topological polar surface area (TPSA) is 67.9 Å². The maximum Gasteiger partial charge on any atom is 0.247 e. The summed E-state index contributed by atoms with van der Waals surface area (Å²) in [6, 6.07) is 16.3. The average Bonchev–Trinajstić information content (AvgIpc) is 3.23. The zero-order valence-electron chi connectivity index (χ0n) is 16.1. The van der Waals surface area contributed by atoms with Crippen molar-refractivity contribution in [2.75, 3.05) is 25.6 Å². The van der Waals surface area contributed by atoms with Crippen LogP contribution in [0.25, 0.3) is 0 Å². The molecule has 1 aliphatic heterocycles. The number of nitrogens with zero attached hydrogens (tertiary/aromatic N) is 1. The van der Waals surface area contributed by atoms with Gasteiger partial charge in [-0.25, -0.2) is 0 Å². The number of likely N-dealkylation sites (tertiary alicyclic amines) is 1. The number of carbonyl (C=O) groups excluding carboxylic acids is 2. The van der Waals surface area contributed by atoms with E-state index in [4.69, 9.17) is 9.47 Å². The van der Waals surface area contributed by atoms with Gasteiger partial charge in [0.05, 0.1) is 13.7 Å². The summed E-state index contributed by atoms with van der Waals surface area (Å²) in [4.78, 5) is 26.9. The highest BCUT2D eigenvalue weighted by Gasteiger charge is 2.33. The fourth-order valence-electron chi connectivity index (χ4n) is 3.31. The van der Waals surface area contributed by atoms with Crippen LogP contribution in [0.4, 0.5) is 5.69 Å². The Kier molecular flexibility index (Phi) is 6.89. The molecular weight excluding hydrogens is 356 g/mol. The lowest BCUT2D eigenvalue weighted by Gasteiger charge is -2.24. The molecule has 0 saturated carbocycles. The van der Waals surface area contributed by atoms with E-state index in [1.807, 2.05) is 30.3 Å². The van der Waals surface area contributed by atoms with E-state index >= 15 is 0 Å².